The predicted octanol–water partition coefficient (Wildman–Crippen LogP) is 5.76. The molecular formula is C25H27NO2. The van der Waals surface area contributed by atoms with E-state index in [0.717, 1.165) is 16.7 Å². The van der Waals surface area contributed by atoms with Crippen molar-refractivity contribution in [2.45, 2.75) is 32.1 Å². The number of amides is 1. The van der Waals surface area contributed by atoms with Crippen molar-refractivity contribution in [2.24, 2.45) is 0 Å². The van der Waals surface area contributed by atoms with Crippen LogP contribution in [0.5, 0.6) is 5.75 Å². The Morgan fingerprint density at radius 1 is 0.857 bits per heavy atom. The molecule has 0 fully saturated rings. The summed E-state index contributed by atoms with van der Waals surface area (Å²) in [7, 11) is 1.62. The summed E-state index contributed by atoms with van der Waals surface area (Å²) < 4.78 is 5.49. The molecule has 3 heteroatoms. The van der Waals surface area contributed by atoms with Crippen LogP contribution < -0.4 is 10.1 Å². The molecule has 0 saturated heterocycles. The van der Waals surface area contributed by atoms with Crippen molar-refractivity contribution in [3.05, 3.63) is 95.6 Å². The zero-order chi connectivity index (χ0) is 20.1. The molecule has 0 bridgehead atoms. The highest BCUT2D eigenvalue weighted by Crippen LogP contribution is 2.33. The Morgan fingerprint density at radius 2 is 1.39 bits per heavy atom. The number of methoxy groups -OCH3 is 1. The molecule has 0 aromatic heterocycles. The second-order valence-corrected chi connectivity index (χ2v) is 7.91. The first kappa shape index (κ1) is 19.7. The van der Waals surface area contributed by atoms with E-state index in [1.807, 2.05) is 78.9 Å². The maximum absolute atomic E-state index is 13.4. The van der Waals surface area contributed by atoms with Gasteiger partial charge in [0.05, 0.1) is 18.7 Å². The van der Waals surface area contributed by atoms with Crippen molar-refractivity contribution in [1.29, 1.82) is 0 Å². The Kier molecular flexibility index (Phi) is 5.84. The van der Waals surface area contributed by atoms with E-state index in [2.05, 4.69) is 26.1 Å². The number of hydrogen-bond acceptors (Lipinski definition) is 2. The third-order valence-electron chi connectivity index (χ3n) is 4.85. The number of carbonyl (C=O) groups is 1. The Hall–Kier alpha value is -3.07. The van der Waals surface area contributed by atoms with E-state index in [9.17, 15) is 4.79 Å². The van der Waals surface area contributed by atoms with Gasteiger partial charge in [-0.1, -0.05) is 87.5 Å². The highest BCUT2D eigenvalue weighted by molar-refractivity contribution is 5.99. The van der Waals surface area contributed by atoms with Crippen molar-refractivity contribution in [3.8, 4) is 5.75 Å². The molecule has 0 aliphatic heterocycles. The van der Waals surface area contributed by atoms with E-state index < -0.39 is 5.92 Å². The maximum Gasteiger partial charge on any atom is 0.236 e. The highest BCUT2D eigenvalue weighted by Gasteiger charge is 2.24. The number of carbonyl (C=O) groups excluding carboxylic acids is 1. The summed E-state index contributed by atoms with van der Waals surface area (Å²) in [5.74, 6) is 0.174. The van der Waals surface area contributed by atoms with Gasteiger partial charge in [-0.25, -0.2) is 0 Å². The first-order valence-electron chi connectivity index (χ1n) is 9.49. The summed E-state index contributed by atoms with van der Waals surface area (Å²) in [6, 6.07) is 25.6. The van der Waals surface area contributed by atoms with Crippen molar-refractivity contribution in [3.63, 3.8) is 0 Å². The fourth-order valence-corrected chi connectivity index (χ4v) is 3.26. The monoisotopic (exact) mass is 373 g/mol. The van der Waals surface area contributed by atoms with Crippen LogP contribution in [0.25, 0.3) is 0 Å². The first-order chi connectivity index (χ1) is 13.4. The number of ether oxygens (including phenoxy) is 1. The van der Waals surface area contributed by atoms with E-state index in [4.69, 9.17) is 4.74 Å². The van der Waals surface area contributed by atoms with Crippen molar-refractivity contribution in [1.82, 2.24) is 0 Å². The molecule has 1 N–H and O–H groups in total. The number of anilines is 1. The summed E-state index contributed by atoms with van der Waals surface area (Å²) in [6.45, 7) is 6.45. The molecule has 0 saturated carbocycles. The van der Waals surface area contributed by atoms with E-state index in [1.165, 1.54) is 0 Å². The van der Waals surface area contributed by atoms with Gasteiger partial charge in [-0.3, -0.25) is 4.79 Å². The molecule has 1 amide bonds. The van der Waals surface area contributed by atoms with Crippen LogP contribution in [0.4, 0.5) is 5.69 Å². The first-order valence-corrected chi connectivity index (χ1v) is 9.49. The van der Waals surface area contributed by atoms with Gasteiger partial charge in [-0.15, -0.1) is 0 Å². The van der Waals surface area contributed by atoms with Gasteiger partial charge in [0, 0.05) is 0 Å². The highest BCUT2D eigenvalue weighted by atomic mass is 16.5. The smallest absolute Gasteiger partial charge is 0.236 e. The largest absolute Gasteiger partial charge is 0.495 e. The molecule has 0 heterocycles. The third kappa shape index (κ3) is 4.42. The molecular weight excluding hydrogens is 346 g/mol. The van der Waals surface area contributed by atoms with E-state index in [0.29, 0.717) is 11.4 Å². The van der Waals surface area contributed by atoms with E-state index in [1.54, 1.807) is 7.11 Å². The zero-order valence-corrected chi connectivity index (χ0v) is 16.9. The average Bonchev–Trinajstić information content (AvgIpc) is 2.69. The van der Waals surface area contributed by atoms with Crippen LogP contribution in [0.1, 0.15) is 43.4 Å². The van der Waals surface area contributed by atoms with Gasteiger partial charge in [0.2, 0.25) is 5.91 Å². The van der Waals surface area contributed by atoms with Crippen LogP contribution >= 0.6 is 0 Å². The molecule has 0 aliphatic rings. The van der Waals surface area contributed by atoms with Gasteiger partial charge in [0.1, 0.15) is 5.75 Å². The molecule has 0 aliphatic carbocycles. The Balaban J connectivity index is 1.99. The fourth-order valence-electron chi connectivity index (χ4n) is 3.26. The van der Waals surface area contributed by atoms with Crippen LogP contribution in [0.2, 0.25) is 0 Å². The van der Waals surface area contributed by atoms with Gasteiger partial charge in [-0.2, -0.15) is 0 Å². The molecule has 0 atom stereocenters. The standard InChI is InChI=1S/C25H27NO2/c1-25(2,3)20-15-16-22(28-4)21(17-20)26-24(27)23(18-11-7-5-8-12-18)19-13-9-6-10-14-19/h5-17,23H,1-4H3,(H,26,27). The van der Waals surface area contributed by atoms with Crippen molar-refractivity contribution in [2.75, 3.05) is 12.4 Å². The minimum Gasteiger partial charge on any atom is -0.495 e. The molecule has 28 heavy (non-hydrogen) atoms. The second kappa shape index (κ2) is 8.30. The normalized spacial score (nSPS) is 11.3. The second-order valence-electron chi connectivity index (χ2n) is 7.91. The lowest BCUT2D eigenvalue weighted by molar-refractivity contribution is -0.116. The van der Waals surface area contributed by atoms with E-state index in [-0.39, 0.29) is 11.3 Å². The van der Waals surface area contributed by atoms with Crippen molar-refractivity contribution < 1.29 is 9.53 Å². The summed E-state index contributed by atoms with van der Waals surface area (Å²) in [5.41, 5.74) is 3.72. The maximum atomic E-state index is 13.4. The summed E-state index contributed by atoms with van der Waals surface area (Å²) in [6.07, 6.45) is 0. The van der Waals surface area contributed by atoms with Gasteiger partial charge < -0.3 is 10.1 Å². The Morgan fingerprint density at radius 3 is 1.86 bits per heavy atom. The Bertz CT molecular complexity index is 888. The number of benzene rings is 3. The predicted molar refractivity (Wildman–Crippen MR) is 115 cm³/mol. The number of hydrogen-bond donors (Lipinski definition) is 1. The quantitative estimate of drug-likeness (QED) is 0.617. The lowest BCUT2D eigenvalue weighted by atomic mass is 9.86. The van der Waals surface area contributed by atoms with Gasteiger partial charge in [-0.05, 0) is 34.2 Å². The fraction of sp³-hybridized carbons (Fsp3) is 0.240. The molecule has 3 aromatic carbocycles. The van der Waals surface area contributed by atoms with Crippen LogP contribution in [-0.2, 0) is 10.2 Å². The summed E-state index contributed by atoms with van der Waals surface area (Å²) >= 11 is 0. The van der Waals surface area contributed by atoms with Crippen LogP contribution in [0.3, 0.4) is 0 Å². The molecule has 3 aromatic rings. The summed E-state index contributed by atoms with van der Waals surface area (Å²) in [4.78, 5) is 13.4. The van der Waals surface area contributed by atoms with E-state index >= 15 is 0 Å². The molecule has 3 nitrogen and oxygen atoms in total. The van der Waals surface area contributed by atoms with Crippen LogP contribution in [0.15, 0.2) is 78.9 Å². The van der Waals surface area contributed by atoms with Crippen molar-refractivity contribution >= 4 is 11.6 Å². The van der Waals surface area contributed by atoms with Gasteiger partial charge >= 0.3 is 0 Å². The molecule has 3 rings (SSSR count). The average molecular weight is 373 g/mol. The Labute approximate surface area is 167 Å². The molecule has 0 unspecified atom stereocenters. The minimum atomic E-state index is -0.398. The lowest BCUT2D eigenvalue weighted by Gasteiger charge is -2.23. The zero-order valence-electron chi connectivity index (χ0n) is 16.9. The summed E-state index contributed by atoms with van der Waals surface area (Å²) in [5, 5.41) is 3.11. The molecule has 0 radical (unpaired) electrons. The third-order valence-corrected chi connectivity index (χ3v) is 4.85. The lowest BCUT2D eigenvalue weighted by Crippen LogP contribution is -2.23. The van der Waals surface area contributed by atoms with Gasteiger partial charge in [0.25, 0.3) is 0 Å². The topological polar surface area (TPSA) is 38.3 Å². The molecule has 144 valence electrons. The van der Waals surface area contributed by atoms with Crippen LogP contribution in [0, 0.1) is 0 Å². The number of rotatable bonds is 5. The SMILES string of the molecule is COc1ccc(C(C)(C)C)cc1NC(=O)C(c1ccccc1)c1ccccc1. The minimum absolute atomic E-state index is 0.0238. The number of nitrogens with one attached hydrogen (secondary N) is 1. The van der Waals surface area contributed by atoms with Gasteiger partial charge in [0.15, 0.2) is 0 Å². The molecule has 0 spiro atoms. The van der Waals surface area contributed by atoms with Crippen LogP contribution in [-0.4, -0.2) is 13.0 Å².